The standard InChI is InChI=1S/C13H19NO2S/c1-5-16-12(15)10-7-6-8-14-11(10)9-17-13(2,3)4/h6-8H,5,9H2,1-4H3. The van der Waals surface area contributed by atoms with Crippen LogP contribution < -0.4 is 0 Å². The molecule has 0 unspecified atom stereocenters. The number of nitrogens with zero attached hydrogens (tertiary/aromatic N) is 1. The quantitative estimate of drug-likeness (QED) is 0.772. The molecule has 0 spiro atoms. The third kappa shape index (κ3) is 4.77. The summed E-state index contributed by atoms with van der Waals surface area (Å²) in [6.07, 6.45) is 1.71. The van der Waals surface area contributed by atoms with Crippen LogP contribution in [0.25, 0.3) is 0 Å². The van der Waals surface area contributed by atoms with Crippen molar-refractivity contribution >= 4 is 17.7 Å². The molecule has 0 radical (unpaired) electrons. The first-order valence-electron chi connectivity index (χ1n) is 5.69. The number of ether oxygens (including phenoxy) is 1. The minimum Gasteiger partial charge on any atom is -0.462 e. The van der Waals surface area contributed by atoms with Gasteiger partial charge in [0.05, 0.1) is 17.9 Å². The highest BCUT2D eigenvalue weighted by molar-refractivity contribution is 7.99. The lowest BCUT2D eigenvalue weighted by Crippen LogP contribution is -2.12. The van der Waals surface area contributed by atoms with E-state index in [0.29, 0.717) is 12.2 Å². The smallest absolute Gasteiger partial charge is 0.340 e. The molecule has 0 aromatic carbocycles. The predicted molar refractivity (Wildman–Crippen MR) is 71.2 cm³/mol. The topological polar surface area (TPSA) is 39.2 Å². The van der Waals surface area contributed by atoms with Crippen molar-refractivity contribution in [3.8, 4) is 0 Å². The fourth-order valence-electron chi connectivity index (χ4n) is 1.23. The maximum Gasteiger partial charge on any atom is 0.340 e. The number of rotatable bonds is 4. The Morgan fingerprint density at radius 2 is 2.18 bits per heavy atom. The zero-order chi connectivity index (χ0) is 12.9. The van der Waals surface area contributed by atoms with Gasteiger partial charge in [0.2, 0.25) is 0 Å². The molecule has 0 fully saturated rings. The number of carbonyl (C=O) groups is 1. The van der Waals surface area contributed by atoms with Crippen LogP contribution in [0.4, 0.5) is 0 Å². The lowest BCUT2D eigenvalue weighted by Gasteiger charge is -2.17. The molecule has 0 saturated carbocycles. The molecule has 0 amide bonds. The fraction of sp³-hybridized carbons (Fsp3) is 0.538. The van der Waals surface area contributed by atoms with Crippen LogP contribution in [-0.2, 0) is 10.5 Å². The molecule has 1 rings (SSSR count). The van der Waals surface area contributed by atoms with Crippen molar-refractivity contribution in [3.63, 3.8) is 0 Å². The number of hydrogen-bond donors (Lipinski definition) is 0. The Morgan fingerprint density at radius 3 is 2.76 bits per heavy atom. The average molecular weight is 253 g/mol. The molecule has 0 atom stereocenters. The van der Waals surface area contributed by atoms with Gasteiger partial charge in [-0.1, -0.05) is 20.8 Å². The molecular weight excluding hydrogens is 234 g/mol. The minimum atomic E-state index is -0.287. The second-order valence-corrected chi connectivity index (χ2v) is 6.42. The highest BCUT2D eigenvalue weighted by Gasteiger charge is 2.16. The second kappa shape index (κ2) is 6.05. The SMILES string of the molecule is CCOC(=O)c1cccnc1CSC(C)(C)C. The van der Waals surface area contributed by atoms with Gasteiger partial charge in [0, 0.05) is 16.7 Å². The Morgan fingerprint density at radius 1 is 1.47 bits per heavy atom. The van der Waals surface area contributed by atoms with Crippen molar-refractivity contribution in [1.82, 2.24) is 4.98 Å². The summed E-state index contributed by atoms with van der Waals surface area (Å²) >= 11 is 1.77. The van der Waals surface area contributed by atoms with E-state index in [1.165, 1.54) is 0 Å². The van der Waals surface area contributed by atoms with Gasteiger partial charge < -0.3 is 4.74 Å². The Bertz CT molecular complexity index is 385. The van der Waals surface area contributed by atoms with E-state index >= 15 is 0 Å². The summed E-state index contributed by atoms with van der Waals surface area (Å²) in [5.41, 5.74) is 1.37. The highest BCUT2D eigenvalue weighted by atomic mass is 32.2. The molecule has 1 heterocycles. The van der Waals surface area contributed by atoms with Gasteiger partial charge >= 0.3 is 5.97 Å². The van der Waals surface area contributed by atoms with E-state index in [1.807, 2.05) is 0 Å². The van der Waals surface area contributed by atoms with Crippen LogP contribution in [0.2, 0.25) is 0 Å². The van der Waals surface area contributed by atoms with Crippen LogP contribution in [0, 0.1) is 0 Å². The number of pyridine rings is 1. The monoisotopic (exact) mass is 253 g/mol. The summed E-state index contributed by atoms with van der Waals surface area (Å²) in [6, 6.07) is 3.53. The lowest BCUT2D eigenvalue weighted by atomic mass is 10.2. The van der Waals surface area contributed by atoms with Crippen LogP contribution in [0.15, 0.2) is 18.3 Å². The van der Waals surface area contributed by atoms with Gasteiger partial charge in [-0.15, -0.1) is 11.8 Å². The molecule has 4 heteroatoms. The molecule has 0 bridgehead atoms. The number of hydrogen-bond acceptors (Lipinski definition) is 4. The molecule has 0 aliphatic carbocycles. The third-order valence-electron chi connectivity index (χ3n) is 2.03. The van der Waals surface area contributed by atoms with Gasteiger partial charge in [-0.2, -0.15) is 0 Å². The highest BCUT2D eigenvalue weighted by Crippen LogP contribution is 2.27. The van der Waals surface area contributed by atoms with E-state index in [4.69, 9.17) is 4.74 Å². The predicted octanol–water partition coefficient (Wildman–Crippen LogP) is 3.29. The first-order valence-corrected chi connectivity index (χ1v) is 6.67. The molecule has 17 heavy (non-hydrogen) atoms. The molecular formula is C13H19NO2S. The first-order chi connectivity index (χ1) is 7.94. The fourth-order valence-corrected chi connectivity index (χ4v) is 2.03. The van der Waals surface area contributed by atoms with E-state index in [1.54, 1.807) is 37.0 Å². The number of aromatic nitrogens is 1. The lowest BCUT2D eigenvalue weighted by molar-refractivity contribution is 0.0525. The van der Waals surface area contributed by atoms with Crippen LogP contribution in [0.1, 0.15) is 43.7 Å². The zero-order valence-electron chi connectivity index (χ0n) is 10.8. The zero-order valence-corrected chi connectivity index (χ0v) is 11.6. The van der Waals surface area contributed by atoms with Gasteiger partial charge in [0.25, 0.3) is 0 Å². The summed E-state index contributed by atoms with van der Waals surface area (Å²) in [7, 11) is 0. The first kappa shape index (κ1) is 14.0. The molecule has 0 aliphatic heterocycles. The Balaban J connectivity index is 2.81. The second-order valence-electron chi connectivity index (χ2n) is 4.62. The van der Waals surface area contributed by atoms with Crippen LogP contribution in [0.5, 0.6) is 0 Å². The largest absolute Gasteiger partial charge is 0.462 e. The van der Waals surface area contributed by atoms with Crippen molar-refractivity contribution in [1.29, 1.82) is 0 Å². The van der Waals surface area contributed by atoms with E-state index in [0.717, 1.165) is 11.4 Å². The Labute approximate surface area is 107 Å². The number of thioether (sulfide) groups is 1. The van der Waals surface area contributed by atoms with Crippen molar-refractivity contribution < 1.29 is 9.53 Å². The summed E-state index contributed by atoms with van der Waals surface area (Å²) in [4.78, 5) is 16.0. The maximum absolute atomic E-state index is 11.7. The van der Waals surface area contributed by atoms with E-state index in [9.17, 15) is 4.79 Å². The molecule has 0 aliphatic rings. The average Bonchev–Trinajstić information content (AvgIpc) is 2.26. The van der Waals surface area contributed by atoms with Crippen molar-refractivity contribution in [3.05, 3.63) is 29.6 Å². The summed E-state index contributed by atoms with van der Waals surface area (Å²) in [6.45, 7) is 8.62. The molecule has 0 N–H and O–H groups in total. The normalized spacial score (nSPS) is 11.3. The molecule has 1 aromatic rings. The Kier molecular flexibility index (Phi) is 5.00. The van der Waals surface area contributed by atoms with Crippen molar-refractivity contribution in [2.75, 3.05) is 6.61 Å². The van der Waals surface area contributed by atoms with Crippen LogP contribution >= 0.6 is 11.8 Å². The van der Waals surface area contributed by atoms with Crippen molar-refractivity contribution in [2.45, 2.75) is 38.2 Å². The Hall–Kier alpha value is -1.03. The summed E-state index contributed by atoms with van der Waals surface area (Å²) < 4.78 is 5.17. The number of carbonyl (C=O) groups excluding carboxylic acids is 1. The van der Waals surface area contributed by atoms with E-state index in [-0.39, 0.29) is 10.7 Å². The van der Waals surface area contributed by atoms with Crippen LogP contribution in [0.3, 0.4) is 0 Å². The van der Waals surface area contributed by atoms with Crippen molar-refractivity contribution in [2.24, 2.45) is 0 Å². The minimum absolute atomic E-state index is 0.156. The molecule has 3 nitrogen and oxygen atoms in total. The van der Waals surface area contributed by atoms with E-state index in [2.05, 4.69) is 25.8 Å². The van der Waals surface area contributed by atoms with Gasteiger partial charge in [-0.05, 0) is 19.1 Å². The molecule has 0 saturated heterocycles. The maximum atomic E-state index is 11.7. The van der Waals surface area contributed by atoms with Gasteiger partial charge in [0.1, 0.15) is 0 Å². The van der Waals surface area contributed by atoms with E-state index < -0.39 is 0 Å². The van der Waals surface area contributed by atoms with Gasteiger partial charge in [-0.3, -0.25) is 4.98 Å². The van der Waals surface area contributed by atoms with Crippen LogP contribution in [-0.4, -0.2) is 22.3 Å². The summed E-state index contributed by atoms with van der Waals surface area (Å²) in [5.74, 6) is 0.434. The molecule has 1 aromatic heterocycles. The number of esters is 1. The third-order valence-corrected chi connectivity index (χ3v) is 3.31. The van der Waals surface area contributed by atoms with Gasteiger partial charge in [0.15, 0.2) is 0 Å². The molecule has 94 valence electrons. The summed E-state index contributed by atoms with van der Waals surface area (Å²) in [5, 5.41) is 0. The van der Waals surface area contributed by atoms with Gasteiger partial charge in [-0.25, -0.2) is 4.79 Å².